The van der Waals surface area contributed by atoms with Gasteiger partial charge in [0.05, 0.1) is 11.5 Å². The highest BCUT2D eigenvalue weighted by Crippen LogP contribution is 2.32. The molecule has 2 aliphatic heterocycles. The quantitative estimate of drug-likeness (QED) is 0.778. The minimum absolute atomic E-state index is 0.0378. The van der Waals surface area contributed by atoms with Gasteiger partial charge >= 0.3 is 0 Å². The van der Waals surface area contributed by atoms with Crippen LogP contribution in [-0.4, -0.2) is 49.3 Å². The molecule has 1 aromatic rings. The Bertz CT molecular complexity index is 749. The van der Waals surface area contributed by atoms with Crippen molar-refractivity contribution in [3.8, 4) is 11.5 Å². The Morgan fingerprint density at radius 1 is 1.36 bits per heavy atom. The van der Waals surface area contributed by atoms with E-state index in [0.717, 1.165) is 23.6 Å². The number of ether oxygens (including phenoxy) is 2. The molecule has 1 atom stereocenters. The Labute approximate surface area is 154 Å². The Balaban J connectivity index is 1.64. The average Bonchev–Trinajstić information content (AvgIpc) is 3.15. The Hall–Kier alpha value is -1.54. The van der Waals surface area contributed by atoms with E-state index >= 15 is 0 Å². The maximum absolute atomic E-state index is 11.8. The topological polar surface area (TPSA) is 67.9 Å². The summed E-state index contributed by atoms with van der Waals surface area (Å²) in [6.45, 7) is 5.77. The van der Waals surface area contributed by atoms with E-state index in [1.807, 2.05) is 23.1 Å². The number of benzene rings is 1. The van der Waals surface area contributed by atoms with Crippen molar-refractivity contribution in [3.63, 3.8) is 0 Å². The van der Waals surface area contributed by atoms with Crippen molar-refractivity contribution < 1.29 is 17.9 Å². The van der Waals surface area contributed by atoms with Gasteiger partial charge in [-0.15, -0.1) is 0 Å². The molecule has 25 heavy (non-hydrogen) atoms. The number of hydrogen-bond acceptors (Lipinski definition) is 5. The van der Waals surface area contributed by atoms with Gasteiger partial charge in [0, 0.05) is 19.1 Å². The average molecular weight is 385 g/mol. The lowest BCUT2D eigenvalue weighted by Crippen LogP contribution is -2.48. The molecule has 1 fully saturated rings. The van der Waals surface area contributed by atoms with Gasteiger partial charge in [0.2, 0.25) is 6.79 Å². The molecule has 1 aromatic carbocycles. The molecule has 8 heteroatoms. The standard InChI is InChI=1S/C17H24N2O4S2/c1-12(2)9-19(14-5-6-25(20,21)10-14)17(24)18-8-13-3-4-15-16(7-13)23-11-22-15/h3-4,7,12,14H,5-6,8-11H2,1-2H3,(H,18,24)/t14-/m0/s1. The smallest absolute Gasteiger partial charge is 0.231 e. The van der Waals surface area contributed by atoms with Gasteiger partial charge in [-0.05, 0) is 42.3 Å². The number of hydrogen-bond donors (Lipinski definition) is 1. The van der Waals surface area contributed by atoms with Crippen LogP contribution in [0.5, 0.6) is 11.5 Å². The fourth-order valence-corrected chi connectivity index (χ4v) is 5.17. The van der Waals surface area contributed by atoms with Crippen LogP contribution in [0.15, 0.2) is 18.2 Å². The molecule has 0 bridgehead atoms. The second-order valence-electron chi connectivity index (χ2n) is 6.95. The minimum Gasteiger partial charge on any atom is -0.454 e. The van der Waals surface area contributed by atoms with Crippen molar-refractivity contribution in [2.45, 2.75) is 32.9 Å². The van der Waals surface area contributed by atoms with E-state index < -0.39 is 9.84 Å². The van der Waals surface area contributed by atoms with Crippen LogP contribution in [0.25, 0.3) is 0 Å². The molecule has 3 rings (SSSR count). The normalized spacial score (nSPS) is 20.7. The molecule has 2 aliphatic rings. The zero-order valence-corrected chi connectivity index (χ0v) is 16.2. The van der Waals surface area contributed by atoms with Crippen molar-refractivity contribution in [2.24, 2.45) is 5.92 Å². The number of fused-ring (bicyclic) bond motifs is 1. The van der Waals surface area contributed by atoms with Gasteiger partial charge in [0.25, 0.3) is 0 Å². The molecule has 0 saturated carbocycles. The predicted octanol–water partition coefficient (Wildman–Crippen LogP) is 1.93. The van der Waals surface area contributed by atoms with Gasteiger partial charge in [-0.1, -0.05) is 19.9 Å². The minimum atomic E-state index is -2.94. The lowest BCUT2D eigenvalue weighted by molar-refractivity contribution is 0.174. The Morgan fingerprint density at radius 2 is 2.12 bits per heavy atom. The van der Waals surface area contributed by atoms with Gasteiger partial charge < -0.3 is 19.7 Å². The summed E-state index contributed by atoms with van der Waals surface area (Å²) in [5.74, 6) is 2.33. The first-order chi connectivity index (χ1) is 11.8. The summed E-state index contributed by atoms with van der Waals surface area (Å²) in [5.41, 5.74) is 1.04. The first kappa shape index (κ1) is 18.3. The molecule has 0 spiro atoms. The SMILES string of the molecule is CC(C)CN(C(=S)NCc1ccc2c(c1)OCO2)[C@H]1CCS(=O)(=O)C1. The van der Waals surface area contributed by atoms with Crippen LogP contribution in [0.2, 0.25) is 0 Å². The van der Waals surface area contributed by atoms with Crippen LogP contribution in [0.1, 0.15) is 25.8 Å². The molecule has 0 unspecified atom stereocenters. The summed E-state index contributed by atoms with van der Waals surface area (Å²) in [5, 5.41) is 3.87. The lowest BCUT2D eigenvalue weighted by Gasteiger charge is -2.32. The number of nitrogens with zero attached hydrogens (tertiary/aromatic N) is 1. The fourth-order valence-electron chi connectivity index (χ4n) is 3.14. The maximum atomic E-state index is 11.8. The van der Waals surface area contributed by atoms with Crippen molar-refractivity contribution in [2.75, 3.05) is 24.8 Å². The van der Waals surface area contributed by atoms with Gasteiger partial charge in [-0.2, -0.15) is 0 Å². The van der Waals surface area contributed by atoms with Crippen LogP contribution >= 0.6 is 12.2 Å². The molecule has 2 heterocycles. The summed E-state index contributed by atoms with van der Waals surface area (Å²) in [6.07, 6.45) is 0.640. The summed E-state index contributed by atoms with van der Waals surface area (Å²) in [7, 11) is -2.94. The monoisotopic (exact) mass is 384 g/mol. The van der Waals surface area contributed by atoms with Gasteiger partial charge in [-0.25, -0.2) is 8.42 Å². The van der Waals surface area contributed by atoms with E-state index in [2.05, 4.69) is 19.2 Å². The third-order valence-corrected chi connectivity index (χ3v) is 6.48. The van der Waals surface area contributed by atoms with E-state index in [4.69, 9.17) is 21.7 Å². The van der Waals surface area contributed by atoms with E-state index in [1.165, 1.54) is 0 Å². The maximum Gasteiger partial charge on any atom is 0.231 e. The van der Waals surface area contributed by atoms with E-state index in [1.54, 1.807) is 0 Å². The van der Waals surface area contributed by atoms with Gasteiger partial charge in [0.15, 0.2) is 26.4 Å². The van der Waals surface area contributed by atoms with Gasteiger partial charge in [-0.3, -0.25) is 0 Å². The van der Waals surface area contributed by atoms with E-state index in [0.29, 0.717) is 24.0 Å². The number of nitrogens with one attached hydrogen (secondary N) is 1. The summed E-state index contributed by atoms with van der Waals surface area (Å²) < 4.78 is 34.4. The summed E-state index contributed by atoms with van der Waals surface area (Å²) >= 11 is 5.57. The molecule has 0 aromatic heterocycles. The highest BCUT2D eigenvalue weighted by molar-refractivity contribution is 7.91. The zero-order valence-electron chi connectivity index (χ0n) is 14.5. The van der Waals surface area contributed by atoms with Crippen molar-refractivity contribution >= 4 is 27.2 Å². The predicted molar refractivity (Wildman–Crippen MR) is 101 cm³/mol. The third kappa shape index (κ3) is 4.55. The van der Waals surface area contributed by atoms with Crippen LogP contribution in [-0.2, 0) is 16.4 Å². The Morgan fingerprint density at radius 3 is 2.80 bits per heavy atom. The largest absolute Gasteiger partial charge is 0.454 e. The van der Waals surface area contributed by atoms with Crippen molar-refractivity contribution in [3.05, 3.63) is 23.8 Å². The highest BCUT2D eigenvalue weighted by atomic mass is 32.2. The number of thiocarbonyl (C=S) groups is 1. The van der Waals surface area contributed by atoms with Crippen LogP contribution < -0.4 is 14.8 Å². The number of rotatable bonds is 5. The first-order valence-electron chi connectivity index (χ1n) is 8.47. The summed E-state index contributed by atoms with van der Waals surface area (Å²) in [4.78, 5) is 2.04. The molecule has 0 aliphatic carbocycles. The molecule has 1 saturated heterocycles. The van der Waals surface area contributed by atoms with Crippen molar-refractivity contribution in [1.29, 1.82) is 0 Å². The molecular weight excluding hydrogens is 360 g/mol. The van der Waals surface area contributed by atoms with Crippen LogP contribution in [0.4, 0.5) is 0 Å². The zero-order chi connectivity index (χ0) is 18.0. The van der Waals surface area contributed by atoms with E-state index in [9.17, 15) is 8.42 Å². The molecular formula is C17H24N2O4S2. The third-order valence-electron chi connectivity index (χ3n) is 4.35. The molecule has 0 radical (unpaired) electrons. The highest BCUT2D eigenvalue weighted by Gasteiger charge is 2.33. The Kier molecular flexibility index (Phi) is 5.38. The second kappa shape index (κ2) is 7.37. The molecule has 6 nitrogen and oxygen atoms in total. The molecule has 0 amide bonds. The lowest BCUT2D eigenvalue weighted by atomic mass is 10.1. The van der Waals surface area contributed by atoms with Crippen LogP contribution in [0, 0.1) is 5.92 Å². The molecule has 1 N–H and O–H groups in total. The van der Waals surface area contributed by atoms with Crippen LogP contribution in [0.3, 0.4) is 0 Å². The first-order valence-corrected chi connectivity index (χ1v) is 10.7. The van der Waals surface area contributed by atoms with Gasteiger partial charge in [0.1, 0.15) is 0 Å². The second-order valence-corrected chi connectivity index (χ2v) is 9.56. The molecule has 138 valence electrons. The number of sulfone groups is 1. The fraction of sp³-hybridized carbons (Fsp3) is 0.588. The van der Waals surface area contributed by atoms with E-state index in [-0.39, 0.29) is 24.3 Å². The summed E-state index contributed by atoms with van der Waals surface area (Å²) in [6, 6.07) is 5.75. The van der Waals surface area contributed by atoms with Crippen molar-refractivity contribution in [1.82, 2.24) is 10.2 Å².